The number of carbonyl (C=O) groups is 1. The smallest absolute Gasteiger partial charge is 0.255 e. The molecule has 8 aromatic carbocycles. The molecule has 0 bridgehead atoms. The van der Waals surface area contributed by atoms with Gasteiger partial charge in [-0.2, -0.15) is 0 Å². The van der Waals surface area contributed by atoms with Crippen LogP contribution in [-0.4, -0.2) is 23.2 Å². The molecule has 8 heteroatoms. The van der Waals surface area contributed by atoms with Gasteiger partial charge in [0.15, 0.2) is 5.60 Å². The number of carbonyl (C=O) groups excluding carboxylic acids is 1. The Kier molecular flexibility index (Phi) is 12.9. The maximum absolute atomic E-state index is 13.6. The van der Waals surface area contributed by atoms with Crippen LogP contribution < -0.4 is 14.8 Å². The summed E-state index contributed by atoms with van der Waals surface area (Å²) < 4.78 is 13.5. The van der Waals surface area contributed by atoms with E-state index in [2.05, 4.69) is 68.6 Å². The quantitative estimate of drug-likeness (QED) is 0.106. The second kappa shape index (κ2) is 19.5. The fourth-order valence-electron chi connectivity index (χ4n) is 12.0. The highest BCUT2D eigenvalue weighted by atomic mass is 35.5. The van der Waals surface area contributed by atoms with Gasteiger partial charge >= 0.3 is 0 Å². The minimum absolute atomic E-state index is 0.135. The molecule has 1 amide bonds. The molecule has 1 fully saturated rings. The molecule has 11 rings (SSSR count). The fraction of sp³-hybridized carbons (Fsp3) is 0.246. The van der Waals surface area contributed by atoms with Gasteiger partial charge in [0, 0.05) is 49.3 Å². The Bertz CT molecular complexity index is 3360. The Morgan fingerprint density at radius 1 is 0.726 bits per heavy atom. The normalized spacial score (nSPS) is 17.1. The number of unbranched alkanes of at least 4 members (excludes halogenated alkanes) is 2. The summed E-state index contributed by atoms with van der Waals surface area (Å²) in [7, 11) is 1.69. The highest BCUT2D eigenvalue weighted by Crippen LogP contribution is 2.60. The number of fused-ring (bicyclic) bond motifs is 8. The lowest BCUT2D eigenvalue weighted by Crippen LogP contribution is -2.35. The summed E-state index contributed by atoms with van der Waals surface area (Å²) >= 11 is 14.1. The Morgan fingerprint density at radius 3 is 1.96 bits per heavy atom. The number of aromatic hydroxyl groups is 2. The summed E-state index contributed by atoms with van der Waals surface area (Å²) in [6, 6.07) is 46.8. The number of hydrogen-bond donors (Lipinski definition) is 3. The molecule has 368 valence electrons. The van der Waals surface area contributed by atoms with E-state index >= 15 is 0 Å². The molecule has 1 aliphatic heterocycles. The van der Waals surface area contributed by atoms with Crippen LogP contribution in [0.15, 0.2) is 152 Å². The van der Waals surface area contributed by atoms with Crippen LogP contribution in [-0.2, 0) is 11.0 Å². The van der Waals surface area contributed by atoms with Crippen LogP contribution in [0.4, 0.5) is 5.69 Å². The van der Waals surface area contributed by atoms with E-state index in [-0.39, 0.29) is 17.4 Å². The molecule has 3 aliphatic rings. The van der Waals surface area contributed by atoms with E-state index in [0.717, 1.165) is 77.9 Å². The molecule has 3 N–H and O–H groups in total. The maximum atomic E-state index is 13.6. The van der Waals surface area contributed by atoms with E-state index in [1.807, 2.05) is 84.9 Å². The summed E-state index contributed by atoms with van der Waals surface area (Å²) in [5, 5.41) is 26.2. The minimum Gasteiger partial charge on any atom is -0.508 e. The average Bonchev–Trinajstić information content (AvgIpc) is 3.65. The van der Waals surface area contributed by atoms with Crippen LogP contribution >= 0.6 is 23.2 Å². The third kappa shape index (κ3) is 8.83. The summed E-state index contributed by atoms with van der Waals surface area (Å²) in [6.45, 7) is 6.72. The topological polar surface area (TPSA) is 88.0 Å². The van der Waals surface area contributed by atoms with Crippen molar-refractivity contribution in [3.05, 3.63) is 201 Å². The lowest BCUT2D eigenvalue weighted by molar-refractivity contribution is 0.102. The first-order valence-electron chi connectivity index (χ1n) is 25.7. The number of nitrogens with one attached hydrogen (secondary N) is 1. The number of methoxy groups -OCH3 is 1. The standard InChI is InChI=1S/C65H59Cl2NO5/c1-5-6-7-8-39-9-11-40(12-10-39)41-13-15-42(16-14-41)43-17-19-45(20-18-43)63(71)68-49-27-21-44(22-28-49)53-37-54-56(38-58(53)72-4)64(2,3)61-52-33-34-65(46-23-29-50(69)30-24-46,47-25-31-51(70)32-26-47)73-62(52)60-55(59(54)61)35-48(66)36-57(60)67/h13-40,69-70H,5-12H2,1-4H3,(H,68,71)/t39-,40-. The number of rotatable bonds is 12. The molecule has 1 saturated carbocycles. The largest absolute Gasteiger partial charge is 0.508 e. The van der Waals surface area contributed by atoms with Crippen molar-refractivity contribution in [3.63, 3.8) is 0 Å². The van der Waals surface area contributed by atoms with Crippen molar-refractivity contribution in [2.45, 2.75) is 89.1 Å². The van der Waals surface area contributed by atoms with Crippen molar-refractivity contribution in [2.75, 3.05) is 12.4 Å². The van der Waals surface area contributed by atoms with E-state index in [0.29, 0.717) is 38.7 Å². The Labute approximate surface area is 438 Å². The van der Waals surface area contributed by atoms with Crippen molar-refractivity contribution >= 4 is 51.6 Å². The Hall–Kier alpha value is -6.99. The number of ether oxygens (including phenoxy) is 2. The molecular formula is C65H59Cl2NO5. The number of amides is 1. The van der Waals surface area contributed by atoms with Crippen molar-refractivity contribution in [3.8, 4) is 56.4 Å². The number of phenols is 2. The number of phenolic OH excluding ortho intramolecular Hbond substituents is 2. The highest BCUT2D eigenvalue weighted by Gasteiger charge is 2.45. The highest BCUT2D eigenvalue weighted by molar-refractivity contribution is 6.40. The van der Waals surface area contributed by atoms with Gasteiger partial charge in [-0.25, -0.2) is 0 Å². The first-order chi connectivity index (χ1) is 35.3. The van der Waals surface area contributed by atoms with E-state index in [1.165, 1.54) is 56.9 Å². The van der Waals surface area contributed by atoms with Crippen LogP contribution in [0.1, 0.15) is 122 Å². The van der Waals surface area contributed by atoms with Gasteiger partial charge in [0.1, 0.15) is 23.0 Å². The van der Waals surface area contributed by atoms with E-state index in [9.17, 15) is 15.0 Å². The maximum Gasteiger partial charge on any atom is 0.255 e. The number of anilines is 1. The number of halogens is 2. The summed E-state index contributed by atoms with van der Waals surface area (Å²) in [6.07, 6.45) is 14.9. The summed E-state index contributed by atoms with van der Waals surface area (Å²) in [4.78, 5) is 13.6. The van der Waals surface area contributed by atoms with Gasteiger partial charge < -0.3 is 25.0 Å². The molecule has 0 saturated heterocycles. The van der Waals surface area contributed by atoms with Gasteiger partial charge in [-0.15, -0.1) is 0 Å². The van der Waals surface area contributed by atoms with Gasteiger partial charge in [0.05, 0.1) is 12.1 Å². The molecule has 0 spiro atoms. The third-order valence-corrected chi connectivity index (χ3v) is 16.5. The molecule has 1 heterocycles. The van der Waals surface area contributed by atoms with Crippen LogP contribution in [0, 0.1) is 5.92 Å². The summed E-state index contributed by atoms with van der Waals surface area (Å²) in [5.41, 5.74) is 11.7. The second-order valence-electron chi connectivity index (χ2n) is 20.7. The van der Waals surface area contributed by atoms with Gasteiger partial charge in [-0.1, -0.05) is 149 Å². The predicted molar refractivity (Wildman–Crippen MR) is 299 cm³/mol. The van der Waals surface area contributed by atoms with Crippen molar-refractivity contribution in [1.82, 2.24) is 0 Å². The first-order valence-corrected chi connectivity index (χ1v) is 26.4. The number of benzene rings is 8. The Balaban J connectivity index is 0.870. The first kappa shape index (κ1) is 48.3. The molecule has 0 atom stereocenters. The predicted octanol–water partition coefficient (Wildman–Crippen LogP) is 17.7. The van der Waals surface area contributed by atoms with E-state index < -0.39 is 11.0 Å². The zero-order valence-electron chi connectivity index (χ0n) is 41.7. The lowest BCUT2D eigenvalue weighted by Gasteiger charge is -2.38. The fourth-order valence-corrected chi connectivity index (χ4v) is 12.6. The van der Waals surface area contributed by atoms with Gasteiger partial charge in [-0.05, 0) is 166 Å². The van der Waals surface area contributed by atoms with Crippen LogP contribution in [0.5, 0.6) is 23.0 Å². The molecule has 73 heavy (non-hydrogen) atoms. The van der Waals surface area contributed by atoms with Crippen LogP contribution in [0.3, 0.4) is 0 Å². The zero-order valence-corrected chi connectivity index (χ0v) is 43.2. The summed E-state index contributed by atoms with van der Waals surface area (Å²) in [5.74, 6) is 2.97. The van der Waals surface area contributed by atoms with Crippen LogP contribution in [0.25, 0.3) is 50.2 Å². The second-order valence-corrected chi connectivity index (χ2v) is 21.6. The van der Waals surface area contributed by atoms with Crippen LogP contribution in [0.2, 0.25) is 10.0 Å². The lowest BCUT2D eigenvalue weighted by atomic mass is 9.76. The molecule has 6 nitrogen and oxygen atoms in total. The molecule has 0 aromatic heterocycles. The van der Waals surface area contributed by atoms with Crippen molar-refractivity contribution < 1.29 is 24.5 Å². The monoisotopic (exact) mass is 1000 g/mol. The van der Waals surface area contributed by atoms with Crippen molar-refractivity contribution in [2.24, 2.45) is 5.92 Å². The molecule has 8 aromatic rings. The van der Waals surface area contributed by atoms with Crippen molar-refractivity contribution in [1.29, 1.82) is 0 Å². The average molecular weight is 1010 g/mol. The zero-order chi connectivity index (χ0) is 50.6. The number of hydrogen-bond acceptors (Lipinski definition) is 5. The van der Waals surface area contributed by atoms with Gasteiger partial charge in [0.2, 0.25) is 0 Å². The molecule has 2 aliphatic carbocycles. The van der Waals surface area contributed by atoms with E-state index in [1.54, 1.807) is 37.4 Å². The van der Waals surface area contributed by atoms with E-state index in [4.69, 9.17) is 32.7 Å². The van der Waals surface area contributed by atoms with Gasteiger partial charge in [-0.3, -0.25) is 4.79 Å². The Morgan fingerprint density at radius 2 is 1.34 bits per heavy atom. The minimum atomic E-state index is -1.14. The van der Waals surface area contributed by atoms with Gasteiger partial charge in [0.25, 0.3) is 5.91 Å². The molecule has 0 radical (unpaired) electrons. The SMILES string of the molecule is CCCCC[C@H]1CC[C@H](c2ccc(-c3ccc(C(=O)Nc4ccc(-c5cc6c(cc5OC)C(C)(C)c5c7c(c8c(Cl)cc(Cl)cc8c5-6)OC(c5ccc(O)cc5)(c5ccc(O)cc5)C=C7)cc4)cc3)cc2)CC1. The molecular weight excluding hydrogens is 946 g/mol. The molecule has 0 unspecified atom stereocenters. The third-order valence-electron chi connectivity index (χ3n) is 15.9.